The van der Waals surface area contributed by atoms with E-state index in [2.05, 4.69) is 50.4 Å². The predicted octanol–water partition coefficient (Wildman–Crippen LogP) is 2.42. The zero-order valence-electron chi connectivity index (χ0n) is 11.0. The second-order valence-electron chi connectivity index (χ2n) is 5.62. The van der Waals surface area contributed by atoms with E-state index in [1.807, 2.05) is 7.05 Å². The minimum absolute atomic E-state index is 0.151. The van der Waals surface area contributed by atoms with E-state index in [-0.39, 0.29) is 16.0 Å². The molecule has 0 saturated heterocycles. The second-order valence-corrected chi connectivity index (χ2v) is 8.04. The van der Waals surface area contributed by atoms with Crippen molar-refractivity contribution in [1.29, 1.82) is 0 Å². The summed E-state index contributed by atoms with van der Waals surface area (Å²) in [4.78, 5) is 0. The molecule has 0 bridgehead atoms. The molecule has 0 aliphatic heterocycles. The average molecular weight is 251 g/mol. The van der Waals surface area contributed by atoms with E-state index in [4.69, 9.17) is 0 Å². The molecule has 0 fully saturated rings. The highest BCUT2D eigenvalue weighted by atomic mass is 32.2. The third-order valence-electron chi connectivity index (χ3n) is 3.37. The van der Waals surface area contributed by atoms with Gasteiger partial charge in [0.15, 0.2) is 0 Å². The minimum Gasteiger partial charge on any atom is -0.312 e. The Balaban J connectivity index is 2.33. The van der Waals surface area contributed by atoms with Crippen LogP contribution in [-0.4, -0.2) is 21.3 Å². The average Bonchev–Trinajstić information content (AvgIpc) is 2.64. The van der Waals surface area contributed by atoms with Gasteiger partial charge in [0.2, 0.25) is 0 Å². The van der Waals surface area contributed by atoms with Crippen LogP contribution in [0.2, 0.25) is 0 Å². The topological polar surface area (TPSA) is 29.1 Å². The van der Waals surface area contributed by atoms with Gasteiger partial charge in [0.25, 0.3) is 0 Å². The molecule has 1 aromatic rings. The van der Waals surface area contributed by atoms with Crippen LogP contribution < -0.4 is 5.32 Å². The van der Waals surface area contributed by atoms with Crippen molar-refractivity contribution in [3.05, 3.63) is 35.4 Å². The molecular formula is C14H21NOS. The first-order chi connectivity index (χ1) is 7.95. The van der Waals surface area contributed by atoms with Gasteiger partial charge in [-0.05, 0) is 45.4 Å². The van der Waals surface area contributed by atoms with Crippen molar-refractivity contribution in [1.82, 2.24) is 5.32 Å². The van der Waals surface area contributed by atoms with Gasteiger partial charge in [-0.3, -0.25) is 4.21 Å². The molecule has 0 amide bonds. The lowest BCUT2D eigenvalue weighted by Crippen LogP contribution is -2.37. The molecule has 3 atom stereocenters. The number of rotatable bonds is 2. The SMILES string of the molecule is CNC1c2ccccc2CC1S(=O)C(C)(C)C. The zero-order valence-corrected chi connectivity index (χ0v) is 11.8. The van der Waals surface area contributed by atoms with Crippen LogP contribution in [0.4, 0.5) is 0 Å². The van der Waals surface area contributed by atoms with Gasteiger partial charge in [-0.2, -0.15) is 0 Å². The molecule has 0 heterocycles. The molecule has 17 heavy (non-hydrogen) atoms. The van der Waals surface area contributed by atoms with Crippen molar-refractivity contribution >= 4 is 10.8 Å². The predicted molar refractivity (Wildman–Crippen MR) is 73.6 cm³/mol. The molecule has 0 aromatic heterocycles. The van der Waals surface area contributed by atoms with Crippen molar-refractivity contribution in [3.8, 4) is 0 Å². The summed E-state index contributed by atoms with van der Waals surface area (Å²) in [7, 11) is 1.13. The lowest BCUT2D eigenvalue weighted by Gasteiger charge is -2.27. The highest BCUT2D eigenvalue weighted by Crippen LogP contribution is 2.36. The van der Waals surface area contributed by atoms with Crippen LogP contribution in [0, 0.1) is 0 Å². The van der Waals surface area contributed by atoms with Gasteiger partial charge in [-0.15, -0.1) is 0 Å². The normalized spacial score (nSPS) is 25.6. The molecule has 1 N–H and O–H groups in total. The molecule has 3 unspecified atom stereocenters. The molecule has 0 saturated carbocycles. The maximum Gasteiger partial charge on any atom is 0.0588 e. The molecule has 1 aliphatic carbocycles. The summed E-state index contributed by atoms with van der Waals surface area (Å²) in [5.74, 6) is 0. The number of fused-ring (bicyclic) bond motifs is 1. The Morgan fingerprint density at radius 3 is 2.53 bits per heavy atom. The highest BCUT2D eigenvalue weighted by molar-refractivity contribution is 7.87. The van der Waals surface area contributed by atoms with Crippen molar-refractivity contribution in [3.63, 3.8) is 0 Å². The van der Waals surface area contributed by atoms with Gasteiger partial charge in [-0.25, -0.2) is 0 Å². The zero-order chi connectivity index (χ0) is 12.6. The van der Waals surface area contributed by atoms with Crippen LogP contribution in [0.5, 0.6) is 0 Å². The Morgan fingerprint density at radius 2 is 1.94 bits per heavy atom. The van der Waals surface area contributed by atoms with Crippen LogP contribution in [-0.2, 0) is 17.2 Å². The number of hydrogen-bond acceptors (Lipinski definition) is 2. The minimum atomic E-state index is -0.831. The highest BCUT2D eigenvalue weighted by Gasteiger charge is 2.39. The molecule has 3 heteroatoms. The fourth-order valence-electron chi connectivity index (χ4n) is 2.55. The van der Waals surface area contributed by atoms with Crippen molar-refractivity contribution in [2.45, 2.75) is 43.2 Å². The lowest BCUT2D eigenvalue weighted by molar-refractivity contribution is 0.565. The molecule has 2 rings (SSSR count). The molecule has 0 radical (unpaired) electrons. The van der Waals surface area contributed by atoms with Crippen molar-refractivity contribution in [2.75, 3.05) is 7.05 Å². The van der Waals surface area contributed by atoms with E-state index in [9.17, 15) is 4.21 Å². The van der Waals surface area contributed by atoms with Gasteiger partial charge >= 0.3 is 0 Å². The molecule has 1 aromatic carbocycles. The van der Waals surface area contributed by atoms with Gasteiger partial charge < -0.3 is 5.32 Å². The maximum atomic E-state index is 12.6. The van der Waals surface area contributed by atoms with Crippen molar-refractivity contribution in [2.24, 2.45) is 0 Å². The molecule has 1 aliphatic rings. The Morgan fingerprint density at radius 1 is 1.29 bits per heavy atom. The van der Waals surface area contributed by atoms with Crippen molar-refractivity contribution < 1.29 is 4.21 Å². The van der Waals surface area contributed by atoms with Gasteiger partial charge in [0.1, 0.15) is 0 Å². The largest absolute Gasteiger partial charge is 0.312 e. The van der Waals surface area contributed by atoms with E-state index in [1.54, 1.807) is 0 Å². The standard InChI is InChI=1S/C14H21NOS/c1-14(2,3)17(16)12-9-10-7-5-6-8-11(10)13(12)15-4/h5-8,12-13,15H,9H2,1-4H3. The van der Waals surface area contributed by atoms with E-state index < -0.39 is 10.8 Å². The molecule has 0 spiro atoms. The van der Waals surface area contributed by atoms with Crippen LogP contribution in [0.15, 0.2) is 24.3 Å². The first kappa shape index (κ1) is 12.8. The Labute approximate surface area is 106 Å². The quantitative estimate of drug-likeness (QED) is 0.874. The summed E-state index contributed by atoms with van der Waals surface area (Å²) in [6.07, 6.45) is 0.922. The van der Waals surface area contributed by atoms with Crippen LogP contribution >= 0.6 is 0 Å². The third kappa shape index (κ3) is 2.31. The fourth-order valence-corrected chi connectivity index (χ4v) is 4.32. The van der Waals surface area contributed by atoms with Crippen LogP contribution in [0.25, 0.3) is 0 Å². The maximum absolute atomic E-state index is 12.6. The number of benzene rings is 1. The van der Waals surface area contributed by atoms with E-state index in [0.717, 1.165) is 6.42 Å². The monoisotopic (exact) mass is 251 g/mol. The molecular weight excluding hydrogens is 230 g/mol. The van der Waals surface area contributed by atoms with Gasteiger partial charge in [0, 0.05) is 21.6 Å². The lowest BCUT2D eigenvalue weighted by atomic mass is 10.1. The van der Waals surface area contributed by atoms with Gasteiger partial charge in [0.05, 0.1) is 5.25 Å². The van der Waals surface area contributed by atoms with E-state index in [0.29, 0.717) is 0 Å². The number of hydrogen-bond donors (Lipinski definition) is 1. The summed E-state index contributed by atoms with van der Waals surface area (Å²) in [6.45, 7) is 6.16. The Kier molecular flexibility index (Phi) is 3.41. The summed E-state index contributed by atoms with van der Waals surface area (Å²) < 4.78 is 12.4. The summed E-state index contributed by atoms with van der Waals surface area (Å²) >= 11 is 0. The number of nitrogens with one attached hydrogen (secondary N) is 1. The summed E-state index contributed by atoms with van der Waals surface area (Å²) in [6, 6.07) is 8.65. The van der Waals surface area contributed by atoms with E-state index in [1.165, 1.54) is 11.1 Å². The fraction of sp³-hybridized carbons (Fsp3) is 0.571. The molecule has 2 nitrogen and oxygen atoms in total. The van der Waals surface area contributed by atoms with Crippen LogP contribution in [0.3, 0.4) is 0 Å². The van der Waals surface area contributed by atoms with Crippen LogP contribution in [0.1, 0.15) is 37.9 Å². The summed E-state index contributed by atoms with van der Waals surface area (Å²) in [5.41, 5.74) is 2.66. The first-order valence-corrected chi connectivity index (χ1v) is 7.32. The van der Waals surface area contributed by atoms with Gasteiger partial charge in [-0.1, -0.05) is 24.3 Å². The smallest absolute Gasteiger partial charge is 0.0588 e. The first-order valence-electron chi connectivity index (χ1n) is 6.11. The Bertz CT molecular complexity index is 436. The molecule has 94 valence electrons. The summed E-state index contributed by atoms with van der Waals surface area (Å²) in [5, 5.41) is 3.52. The van der Waals surface area contributed by atoms with E-state index >= 15 is 0 Å². The Hall–Kier alpha value is -0.670. The third-order valence-corrected chi connectivity index (χ3v) is 5.57. The second kappa shape index (κ2) is 4.54.